The Kier molecular flexibility index (Phi) is 4.32. The lowest BCUT2D eigenvalue weighted by molar-refractivity contribution is -0.116. The maximum atomic E-state index is 12.9. The Labute approximate surface area is 171 Å². The van der Waals surface area contributed by atoms with Crippen LogP contribution in [0.5, 0.6) is 0 Å². The van der Waals surface area contributed by atoms with Crippen molar-refractivity contribution in [3.63, 3.8) is 0 Å². The highest BCUT2D eigenvalue weighted by atomic mass is 16.4. The molecule has 1 aliphatic heterocycles. The fourth-order valence-corrected chi connectivity index (χ4v) is 3.21. The van der Waals surface area contributed by atoms with E-state index in [0.29, 0.717) is 17.1 Å². The predicted octanol–water partition coefficient (Wildman–Crippen LogP) is 2.70. The van der Waals surface area contributed by atoms with Crippen molar-refractivity contribution in [3.05, 3.63) is 78.2 Å². The lowest BCUT2D eigenvalue weighted by Crippen LogP contribution is -2.32. The van der Waals surface area contributed by atoms with E-state index in [4.69, 9.17) is 9.41 Å². The van der Waals surface area contributed by atoms with Gasteiger partial charge in [0, 0.05) is 24.4 Å². The molecular weight excluding hydrogens is 382 g/mol. The molecule has 148 valence electrons. The molecule has 1 unspecified atom stereocenters. The molecule has 0 saturated carbocycles. The number of benzene rings is 2. The zero-order valence-corrected chi connectivity index (χ0v) is 16.0. The summed E-state index contributed by atoms with van der Waals surface area (Å²) in [6.45, 7) is 0. The number of nitrogens with one attached hydrogen (secondary N) is 2. The first-order chi connectivity index (χ1) is 14.7. The van der Waals surface area contributed by atoms with E-state index in [1.807, 2.05) is 61.6 Å². The van der Waals surface area contributed by atoms with Gasteiger partial charge in [-0.25, -0.2) is 9.98 Å². The molecule has 2 N–H and O–H groups in total. The number of anilines is 2. The summed E-state index contributed by atoms with van der Waals surface area (Å²) in [6.07, 6.45) is 2.45. The first-order valence-corrected chi connectivity index (χ1v) is 9.29. The lowest BCUT2D eigenvalue weighted by atomic mass is 10.0. The summed E-state index contributed by atoms with van der Waals surface area (Å²) < 4.78 is 7.41. The average Bonchev–Trinajstić information content (AvgIpc) is 3.38. The van der Waals surface area contributed by atoms with Crippen LogP contribution in [-0.4, -0.2) is 37.5 Å². The van der Waals surface area contributed by atoms with Crippen LogP contribution in [0, 0.1) is 0 Å². The second kappa shape index (κ2) is 7.28. The number of aromatic nitrogens is 4. The summed E-state index contributed by atoms with van der Waals surface area (Å²) in [6, 6.07) is 17.3. The number of hydrogen-bond acceptors (Lipinski definition) is 7. The molecule has 2 aromatic heterocycles. The number of para-hydroxylation sites is 1. The van der Waals surface area contributed by atoms with Crippen LogP contribution < -0.4 is 10.6 Å². The van der Waals surface area contributed by atoms with Crippen LogP contribution in [0.1, 0.15) is 11.1 Å². The van der Waals surface area contributed by atoms with Gasteiger partial charge in [-0.05, 0) is 6.07 Å². The lowest BCUT2D eigenvalue weighted by Gasteiger charge is -2.11. The monoisotopic (exact) mass is 399 g/mol. The minimum Gasteiger partial charge on any atom is -0.402 e. The summed E-state index contributed by atoms with van der Waals surface area (Å²) in [7, 11) is 1.85. The third-order valence-corrected chi connectivity index (χ3v) is 4.60. The van der Waals surface area contributed by atoms with Crippen molar-refractivity contribution in [2.75, 3.05) is 10.6 Å². The second-order valence-corrected chi connectivity index (χ2v) is 6.76. The molecule has 30 heavy (non-hydrogen) atoms. The van der Waals surface area contributed by atoms with Gasteiger partial charge < -0.3 is 19.6 Å². The van der Waals surface area contributed by atoms with Gasteiger partial charge >= 0.3 is 6.01 Å². The number of hydrogen-bond donors (Lipinski definition) is 2. The molecule has 2 aromatic carbocycles. The minimum absolute atomic E-state index is 0.0814. The van der Waals surface area contributed by atoms with Crippen molar-refractivity contribution in [1.82, 2.24) is 19.7 Å². The van der Waals surface area contributed by atoms with Gasteiger partial charge in [0.2, 0.25) is 6.17 Å². The van der Waals surface area contributed by atoms with Gasteiger partial charge in [-0.1, -0.05) is 53.6 Å². The fraction of sp³-hybridized carbons (Fsp3) is 0.0952. The van der Waals surface area contributed by atoms with Crippen molar-refractivity contribution < 1.29 is 9.21 Å². The second-order valence-electron chi connectivity index (χ2n) is 6.76. The quantitative estimate of drug-likeness (QED) is 0.546. The zero-order chi connectivity index (χ0) is 20.5. The van der Waals surface area contributed by atoms with E-state index in [0.717, 1.165) is 11.1 Å². The SMILES string of the molecule is Cn1cnc(-c2nnc(NC3N=C(c4ccccc4)c4ccccc4NC3=O)o2)c1. The van der Waals surface area contributed by atoms with Gasteiger partial charge in [0.25, 0.3) is 11.8 Å². The Morgan fingerprint density at radius 3 is 2.67 bits per heavy atom. The summed E-state index contributed by atoms with van der Waals surface area (Å²) in [4.78, 5) is 21.7. The Hall–Kier alpha value is -4.27. The topological polar surface area (TPSA) is 110 Å². The van der Waals surface area contributed by atoms with Crippen LogP contribution in [0.2, 0.25) is 0 Å². The zero-order valence-electron chi connectivity index (χ0n) is 16.0. The Morgan fingerprint density at radius 1 is 1.07 bits per heavy atom. The summed E-state index contributed by atoms with van der Waals surface area (Å²) in [5, 5.41) is 13.8. The molecule has 1 aliphatic rings. The van der Waals surface area contributed by atoms with Gasteiger partial charge in [0.05, 0.1) is 17.7 Å². The molecule has 3 heterocycles. The van der Waals surface area contributed by atoms with Gasteiger partial charge in [-0.15, -0.1) is 5.10 Å². The number of benzodiazepines with no additional fused rings is 1. The molecule has 0 aliphatic carbocycles. The molecular formula is C21H17N7O2. The van der Waals surface area contributed by atoms with E-state index < -0.39 is 6.17 Å². The molecule has 4 aromatic rings. The molecule has 9 heteroatoms. The van der Waals surface area contributed by atoms with E-state index in [-0.39, 0.29) is 17.8 Å². The van der Waals surface area contributed by atoms with Gasteiger partial charge in [-0.2, -0.15) is 0 Å². The number of amides is 1. The van der Waals surface area contributed by atoms with E-state index in [1.54, 1.807) is 17.1 Å². The summed E-state index contributed by atoms with van der Waals surface area (Å²) in [5.74, 6) is -0.0753. The number of imidazole rings is 1. The number of aliphatic imine (C=N–C) groups is 1. The van der Waals surface area contributed by atoms with Crippen LogP contribution in [-0.2, 0) is 11.8 Å². The predicted molar refractivity (Wildman–Crippen MR) is 111 cm³/mol. The first kappa shape index (κ1) is 17.8. The van der Waals surface area contributed by atoms with E-state index >= 15 is 0 Å². The number of carbonyl (C=O) groups excluding carboxylic acids is 1. The normalized spacial score (nSPS) is 15.7. The minimum atomic E-state index is -0.954. The van der Waals surface area contributed by atoms with Crippen LogP contribution in [0.4, 0.5) is 11.7 Å². The van der Waals surface area contributed by atoms with Crippen LogP contribution >= 0.6 is 0 Å². The summed E-state index contributed by atoms with van der Waals surface area (Å²) in [5.41, 5.74) is 3.65. The molecule has 0 saturated heterocycles. The highest BCUT2D eigenvalue weighted by molar-refractivity contribution is 6.19. The van der Waals surface area contributed by atoms with Crippen LogP contribution in [0.3, 0.4) is 0 Å². The van der Waals surface area contributed by atoms with Crippen LogP contribution in [0.25, 0.3) is 11.6 Å². The standard InChI is InChI=1S/C21H17N7O2/c1-28-11-16(22-12-28)20-26-27-21(30-20)25-18-19(29)23-15-10-6-5-9-14(15)17(24-18)13-7-3-2-4-8-13/h2-12,18H,1H3,(H,23,29)(H,25,27). The van der Waals surface area contributed by atoms with Gasteiger partial charge in [0.1, 0.15) is 5.69 Å². The van der Waals surface area contributed by atoms with E-state index in [9.17, 15) is 4.79 Å². The van der Waals surface area contributed by atoms with Crippen molar-refractivity contribution in [2.24, 2.45) is 12.0 Å². The molecule has 0 fully saturated rings. The Balaban J connectivity index is 1.51. The van der Waals surface area contributed by atoms with Crippen LogP contribution in [0.15, 0.2) is 76.5 Å². The van der Waals surface area contributed by atoms with Crippen molar-refractivity contribution >= 4 is 23.3 Å². The third kappa shape index (κ3) is 3.32. The highest BCUT2D eigenvalue weighted by Gasteiger charge is 2.27. The number of rotatable bonds is 4. The van der Waals surface area contributed by atoms with Crippen molar-refractivity contribution in [3.8, 4) is 11.6 Å². The Morgan fingerprint density at radius 2 is 1.87 bits per heavy atom. The number of carbonyl (C=O) groups is 1. The molecule has 9 nitrogen and oxygen atoms in total. The fourth-order valence-electron chi connectivity index (χ4n) is 3.21. The van der Waals surface area contributed by atoms with Crippen molar-refractivity contribution in [2.45, 2.75) is 6.17 Å². The Bertz CT molecular complexity index is 1240. The number of fused-ring (bicyclic) bond motifs is 1. The molecule has 1 atom stereocenters. The van der Waals surface area contributed by atoms with E-state index in [1.165, 1.54) is 0 Å². The van der Waals surface area contributed by atoms with Gasteiger partial charge in [0.15, 0.2) is 0 Å². The van der Waals surface area contributed by atoms with E-state index in [2.05, 4.69) is 25.8 Å². The number of nitrogens with zero attached hydrogens (tertiary/aromatic N) is 5. The summed E-state index contributed by atoms with van der Waals surface area (Å²) >= 11 is 0. The third-order valence-electron chi connectivity index (χ3n) is 4.60. The average molecular weight is 399 g/mol. The smallest absolute Gasteiger partial charge is 0.317 e. The molecule has 5 rings (SSSR count). The molecule has 0 bridgehead atoms. The molecule has 1 amide bonds. The highest BCUT2D eigenvalue weighted by Crippen LogP contribution is 2.25. The molecule has 0 spiro atoms. The van der Waals surface area contributed by atoms with Gasteiger partial charge in [-0.3, -0.25) is 4.79 Å². The largest absolute Gasteiger partial charge is 0.402 e. The first-order valence-electron chi connectivity index (χ1n) is 9.29. The molecule has 0 radical (unpaired) electrons. The number of aryl methyl sites for hydroxylation is 1. The maximum Gasteiger partial charge on any atom is 0.317 e. The van der Waals surface area contributed by atoms with Crippen molar-refractivity contribution in [1.29, 1.82) is 0 Å². The maximum absolute atomic E-state index is 12.9.